The number of halogens is 1. The molecule has 1 N–H and O–H groups in total. The average molecular weight is 633 g/mol. The van der Waals surface area contributed by atoms with Crippen LogP contribution in [0.3, 0.4) is 0 Å². The smallest absolute Gasteiger partial charge is 0.357 e. The van der Waals surface area contributed by atoms with E-state index in [1.807, 2.05) is 0 Å². The van der Waals surface area contributed by atoms with Crippen molar-refractivity contribution in [3.63, 3.8) is 0 Å². The van der Waals surface area contributed by atoms with E-state index in [9.17, 15) is 4.79 Å². The van der Waals surface area contributed by atoms with Crippen LogP contribution in [-0.4, -0.2) is 19.1 Å². The maximum atomic E-state index is 12.3. The maximum Gasteiger partial charge on any atom is 0.357 e. The Morgan fingerprint density at radius 2 is 1.24 bits per heavy atom. The fraction of sp³-hybridized carbons (Fsp3) is 0.618. The van der Waals surface area contributed by atoms with E-state index in [2.05, 4.69) is 59.9 Å². The normalized spacial score (nSPS) is 15.2. The largest absolute Gasteiger partial charge is 0.494 e. The third kappa shape index (κ3) is 14.6. The summed E-state index contributed by atoms with van der Waals surface area (Å²) in [5.41, 5.74) is 0. The van der Waals surface area contributed by atoms with Crippen molar-refractivity contribution < 1.29 is 30.7 Å². The van der Waals surface area contributed by atoms with E-state index in [0.717, 1.165) is 31.7 Å². The standard InChI is InChI=1S/C34H50INO2/c37-34(36-29-30-19-13-8-4-3-5-9-14-20-30)23-17-10-6-1-2-7-11-18-28-38-33-26-24-32(25-27-33)35-31-21-15-12-16-22-31/h12,15-16,21-22,24-27,30H,1-11,13-14,17-20,23,28-29H2/p+1. The lowest BCUT2D eigenvalue weighted by atomic mass is 9.92. The Bertz CT molecular complexity index is 845. The Balaban J connectivity index is 1.10. The lowest BCUT2D eigenvalue weighted by Crippen LogP contribution is -3.61. The SMILES string of the molecule is O=C(CCCCCCCCCCOc1ccc([I+]c2ccccc2)cc1)NCC1CCCCCCCCC1. The molecule has 3 rings (SSSR count). The van der Waals surface area contributed by atoms with E-state index in [0.29, 0.717) is 12.3 Å². The number of ether oxygens (including phenoxy) is 1. The molecule has 2 aromatic carbocycles. The fourth-order valence-electron chi connectivity index (χ4n) is 5.28. The van der Waals surface area contributed by atoms with E-state index in [1.165, 1.54) is 103 Å². The summed E-state index contributed by atoms with van der Waals surface area (Å²) >= 11 is -0.101. The Kier molecular flexibility index (Phi) is 16.6. The van der Waals surface area contributed by atoms with Crippen LogP contribution in [0.25, 0.3) is 0 Å². The molecule has 1 aliphatic rings. The molecule has 1 aliphatic carbocycles. The maximum absolute atomic E-state index is 12.3. The van der Waals surface area contributed by atoms with Crippen molar-refractivity contribution in [1.82, 2.24) is 5.32 Å². The highest BCUT2D eigenvalue weighted by atomic mass is 127. The van der Waals surface area contributed by atoms with Crippen molar-refractivity contribution in [1.29, 1.82) is 0 Å². The van der Waals surface area contributed by atoms with Crippen LogP contribution < -0.4 is 31.3 Å². The van der Waals surface area contributed by atoms with Crippen LogP contribution in [0, 0.1) is 13.1 Å². The van der Waals surface area contributed by atoms with Gasteiger partial charge in [-0.2, -0.15) is 0 Å². The Morgan fingerprint density at radius 3 is 1.89 bits per heavy atom. The predicted octanol–water partition coefficient (Wildman–Crippen LogP) is 5.96. The van der Waals surface area contributed by atoms with Crippen LogP contribution in [0.4, 0.5) is 0 Å². The number of benzene rings is 2. The Morgan fingerprint density at radius 1 is 0.684 bits per heavy atom. The first kappa shape index (κ1) is 31.0. The van der Waals surface area contributed by atoms with Crippen LogP contribution >= 0.6 is 0 Å². The van der Waals surface area contributed by atoms with Crippen LogP contribution in [-0.2, 0) is 4.79 Å². The number of carbonyl (C=O) groups is 1. The summed E-state index contributed by atoms with van der Waals surface area (Å²) in [5.74, 6) is 1.97. The molecule has 210 valence electrons. The molecule has 3 nitrogen and oxygen atoms in total. The van der Waals surface area contributed by atoms with Crippen molar-refractivity contribution in [2.24, 2.45) is 5.92 Å². The number of rotatable bonds is 16. The van der Waals surface area contributed by atoms with Gasteiger partial charge in [0.25, 0.3) is 0 Å². The molecule has 0 radical (unpaired) electrons. The molecule has 0 saturated heterocycles. The molecule has 0 unspecified atom stereocenters. The first-order valence-corrected chi connectivity index (χ1v) is 17.6. The minimum Gasteiger partial charge on any atom is -0.494 e. The van der Waals surface area contributed by atoms with Crippen molar-refractivity contribution >= 4 is 5.91 Å². The molecule has 0 aromatic heterocycles. The van der Waals surface area contributed by atoms with Gasteiger partial charge in [0, 0.05) is 13.0 Å². The van der Waals surface area contributed by atoms with Gasteiger partial charge in [-0.05, 0) is 68.0 Å². The molecular weight excluding hydrogens is 581 g/mol. The van der Waals surface area contributed by atoms with Crippen molar-refractivity contribution in [2.75, 3.05) is 13.2 Å². The van der Waals surface area contributed by atoms with Crippen LogP contribution in [0.1, 0.15) is 116 Å². The van der Waals surface area contributed by atoms with E-state index in [4.69, 9.17) is 4.74 Å². The summed E-state index contributed by atoms with van der Waals surface area (Å²) in [5, 5.41) is 3.24. The molecule has 1 amide bonds. The molecule has 0 aliphatic heterocycles. The summed E-state index contributed by atoms with van der Waals surface area (Å²) < 4.78 is 8.83. The topological polar surface area (TPSA) is 38.3 Å². The number of unbranched alkanes of at least 4 members (excludes halogenated alkanes) is 7. The van der Waals surface area contributed by atoms with Gasteiger partial charge in [0.15, 0.2) is 7.14 Å². The van der Waals surface area contributed by atoms with Gasteiger partial charge >= 0.3 is 21.2 Å². The molecule has 0 atom stereocenters. The second-order valence-corrected chi connectivity index (χ2v) is 14.0. The minimum atomic E-state index is -0.101. The van der Waals surface area contributed by atoms with E-state index in [1.54, 1.807) is 0 Å². The number of hydrogen-bond acceptors (Lipinski definition) is 2. The number of carbonyl (C=O) groups excluding carboxylic acids is 1. The van der Waals surface area contributed by atoms with Crippen LogP contribution in [0.15, 0.2) is 54.6 Å². The van der Waals surface area contributed by atoms with Crippen LogP contribution in [0.5, 0.6) is 5.75 Å². The summed E-state index contributed by atoms with van der Waals surface area (Å²) in [7, 11) is 0. The number of amides is 1. The zero-order chi connectivity index (χ0) is 26.5. The van der Waals surface area contributed by atoms with Gasteiger partial charge in [-0.15, -0.1) is 0 Å². The lowest BCUT2D eigenvalue weighted by molar-refractivity contribution is -0.597. The fourth-order valence-corrected chi connectivity index (χ4v) is 7.49. The quantitative estimate of drug-likeness (QED) is 0.183. The van der Waals surface area contributed by atoms with Gasteiger partial charge in [0.2, 0.25) is 5.91 Å². The summed E-state index contributed by atoms with van der Waals surface area (Å²) in [6.45, 7) is 1.71. The Labute approximate surface area is 243 Å². The predicted molar refractivity (Wildman–Crippen MR) is 155 cm³/mol. The monoisotopic (exact) mass is 632 g/mol. The molecule has 1 saturated carbocycles. The van der Waals surface area contributed by atoms with Crippen molar-refractivity contribution in [3.8, 4) is 5.75 Å². The molecule has 2 aromatic rings. The van der Waals surface area contributed by atoms with E-state index < -0.39 is 0 Å². The van der Waals surface area contributed by atoms with Gasteiger partial charge in [-0.25, -0.2) is 0 Å². The highest BCUT2D eigenvalue weighted by Gasteiger charge is 2.14. The third-order valence-electron chi connectivity index (χ3n) is 7.64. The molecule has 1 fully saturated rings. The Hall–Kier alpha value is -1.56. The second-order valence-electron chi connectivity index (χ2n) is 11.0. The second kappa shape index (κ2) is 20.4. The highest BCUT2D eigenvalue weighted by molar-refractivity contribution is 5.75. The molecule has 4 heteroatoms. The first-order chi connectivity index (χ1) is 18.8. The van der Waals surface area contributed by atoms with Crippen LogP contribution in [0.2, 0.25) is 0 Å². The zero-order valence-corrected chi connectivity index (χ0v) is 25.8. The molecule has 38 heavy (non-hydrogen) atoms. The first-order valence-electron chi connectivity index (χ1n) is 15.5. The lowest BCUT2D eigenvalue weighted by Gasteiger charge is -2.19. The molecular formula is C34H51INO2+. The number of hydrogen-bond donors (Lipinski definition) is 1. The van der Waals surface area contributed by atoms with E-state index >= 15 is 0 Å². The molecule has 0 spiro atoms. The summed E-state index contributed by atoms with van der Waals surface area (Å²) in [4.78, 5) is 12.3. The average Bonchev–Trinajstić information content (AvgIpc) is 2.95. The summed E-state index contributed by atoms with van der Waals surface area (Å²) in [6, 6.07) is 19.5. The minimum absolute atomic E-state index is 0.101. The summed E-state index contributed by atoms with van der Waals surface area (Å²) in [6.07, 6.45) is 22.7. The molecule has 0 heterocycles. The van der Waals surface area contributed by atoms with E-state index in [-0.39, 0.29) is 27.1 Å². The number of nitrogens with one attached hydrogen (secondary N) is 1. The van der Waals surface area contributed by atoms with Gasteiger partial charge < -0.3 is 10.1 Å². The van der Waals surface area contributed by atoms with Gasteiger partial charge in [-0.3, -0.25) is 4.79 Å². The van der Waals surface area contributed by atoms with Gasteiger partial charge in [-0.1, -0.05) is 102 Å². The molecule has 0 bridgehead atoms. The van der Waals surface area contributed by atoms with Crippen molar-refractivity contribution in [2.45, 2.75) is 116 Å². The zero-order valence-electron chi connectivity index (χ0n) is 23.6. The van der Waals surface area contributed by atoms with Gasteiger partial charge in [0.05, 0.1) is 6.61 Å². The van der Waals surface area contributed by atoms with Crippen molar-refractivity contribution in [3.05, 3.63) is 61.7 Å². The highest BCUT2D eigenvalue weighted by Crippen LogP contribution is 2.21. The van der Waals surface area contributed by atoms with Gasteiger partial charge in [0.1, 0.15) is 5.75 Å². The third-order valence-corrected chi connectivity index (χ3v) is 10.3.